The number of amides is 1. The molecule has 2 N–H and O–H groups in total. The first kappa shape index (κ1) is 15.9. The van der Waals surface area contributed by atoms with Crippen molar-refractivity contribution in [2.45, 2.75) is 31.4 Å². The highest BCUT2D eigenvalue weighted by Crippen LogP contribution is 2.29. The third-order valence-corrected chi connectivity index (χ3v) is 5.32. The lowest BCUT2D eigenvalue weighted by Crippen LogP contribution is -2.39. The zero-order chi connectivity index (χ0) is 14.3. The van der Waals surface area contributed by atoms with E-state index in [1.54, 1.807) is 0 Å². The highest BCUT2D eigenvalue weighted by atomic mass is 32.2. The van der Waals surface area contributed by atoms with Crippen molar-refractivity contribution >= 4 is 23.4 Å². The van der Waals surface area contributed by atoms with E-state index in [9.17, 15) is 4.79 Å². The second-order valence-electron chi connectivity index (χ2n) is 4.60. The van der Waals surface area contributed by atoms with Crippen LogP contribution in [0.25, 0.3) is 0 Å². The largest absolute Gasteiger partial charge is 0.388 e. The van der Waals surface area contributed by atoms with Gasteiger partial charge >= 0.3 is 0 Å². The Morgan fingerprint density at radius 3 is 2.21 bits per heavy atom. The van der Waals surface area contributed by atoms with Gasteiger partial charge in [-0.05, 0) is 43.4 Å². The SMILES string of the molecule is CCC(CC)(CNC(=O)c1ccc(NC)cc1)SC. The van der Waals surface area contributed by atoms with Gasteiger partial charge in [-0.15, -0.1) is 0 Å². The van der Waals surface area contributed by atoms with Gasteiger partial charge in [-0.3, -0.25) is 4.79 Å². The van der Waals surface area contributed by atoms with Crippen LogP contribution in [0.4, 0.5) is 5.69 Å². The third-order valence-electron chi connectivity index (χ3n) is 3.73. The van der Waals surface area contributed by atoms with E-state index in [2.05, 4.69) is 30.7 Å². The fourth-order valence-electron chi connectivity index (χ4n) is 1.99. The Balaban J connectivity index is 2.63. The Morgan fingerprint density at radius 1 is 1.21 bits per heavy atom. The van der Waals surface area contributed by atoms with Gasteiger partial charge in [0.1, 0.15) is 0 Å². The summed E-state index contributed by atoms with van der Waals surface area (Å²) in [6.45, 7) is 5.06. The normalized spacial score (nSPS) is 11.2. The van der Waals surface area contributed by atoms with E-state index in [1.807, 2.05) is 43.1 Å². The Bertz CT molecular complexity index is 391. The molecular weight excluding hydrogens is 256 g/mol. The van der Waals surface area contributed by atoms with E-state index in [-0.39, 0.29) is 10.7 Å². The summed E-state index contributed by atoms with van der Waals surface area (Å²) in [5.41, 5.74) is 1.72. The molecule has 19 heavy (non-hydrogen) atoms. The van der Waals surface area contributed by atoms with Gasteiger partial charge in [-0.1, -0.05) is 13.8 Å². The molecule has 106 valence electrons. The fraction of sp³-hybridized carbons (Fsp3) is 0.533. The van der Waals surface area contributed by atoms with Crippen LogP contribution in [-0.2, 0) is 0 Å². The second-order valence-corrected chi connectivity index (χ2v) is 5.88. The Morgan fingerprint density at radius 2 is 1.79 bits per heavy atom. The van der Waals surface area contributed by atoms with E-state index in [4.69, 9.17) is 0 Å². The maximum Gasteiger partial charge on any atom is 0.251 e. The molecule has 0 saturated carbocycles. The van der Waals surface area contributed by atoms with E-state index in [0.29, 0.717) is 12.1 Å². The van der Waals surface area contributed by atoms with Crippen LogP contribution in [0.5, 0.6) is 0 Å². The van der Waals surface area contributed by atoms with E-state index < -0.39 is 0 Å². The first-order chi connectivity index (χ1) is 9.10. The molecule has 0 saturated heterocycles. The lowest BCUT2D eigenvalue weighted by atomic mass is 10.0. The van der Waals surface area contributed by atoms with Gasteiger partial charge in [0.05, 0.1) is 0 Å². The maximum atomic E-state index is 12.1. The van der Waals surface area contributed by atoms with Crippen molar-refractivity contribution < 1.29 is 4.79 Å². The van der Waals surface area contributed by atoms with Crippen molar-refractivity contribution in [2.24, 2.45) is 0 Å². The number of carbonyl (C=O) groups is 1. The molecule has 0 unspecified atom stereocenters. The van der Waals surface area contributed by atoms with E-state index in [0.717, 1.165) is 18.5 Å². The van der Waals surface area contributed by atoms with E-state index in [1.165, 1.54) is 0 Å². The number of nitrogens with one attached hydrogen (secondary N) is 2. The monoisotopic (exact) mass is 280 g/mol. The lowest BCUT2D eigenvalue weighted by molar-refractivity contribution is 0.0949. The maximum absolute atomic E-state index is 12.1. The number of carbonyl (C=O) groups excluding carboxylic acids is 1. The molecule has 1 aromatic rings. The van der Waals surface area contributed by atoms with Crippen molar-refractivity contribution in [1.82, 2.24) is 5.32 Å². The van der Waals surface area contributed by atoms with Crippen LogP contribution >= 0.6 is 11.8 Å². The molecular formula is C15H24N2OS. The molecule has 4 heteroatoms. The van der Waals surface area contributed by atoms with Gasteiger partial charge in [0, 0.05) is 29.6 Å². The number of thioether (sulfide) groups is 1. The van der Waals surface area contributed by atoms with Crippen molar-refractivity contribution in [3.05, 3.63) is 29.8 Å². The average molecular weight is 280 g/mol. The van der Waals surface area contributed by atoms with Crippen LogP contribution in [0.1, 0.15) is 37.0 Å². The summed E-state index contributed by atoms with van der Waals surface area (Å²) in [5.74, 6) is 0.00276. The smallest absolute Gasteiger partial charge is 0.251 e. The molecule has 0 radical (unpaired) electrons. The third kappa shape index (κ3) is 4.16. The molecule has 0 aromatic heterocycles. The van der Waals surface area contributed by atoms with E-state index >= 15 is 0 Å². The Hall–Kier alpha value is -1.16. The van der Waals surface area contributed by atoms with Crippen molar-refractivity contribution in [1.29, 1.82) is 0 Å². The minimum Gasteiger partial charge on any atom is -0.388 e. The first-order valence-corrected chi connectivity index (χ1v) is 7.94. The molecule has 1 rings (SSSR count). The summed E-state index contributed by atoms with van der Waals surface area (Å²) in [6.07, 6.45) is 4.23. The predicted octanol–water partition coefficient (Wildman–Crippen LogP) is 3.38. The van der Waals surface area contributed by atoms with Gasteiger partial charge < -0.3 is 10.6 Å². The molecule has 0 bridgehead atoms. The summed E-state index contributed by atoms with van der Waals surface area (Å²) in [4.78, 5) is 12.1. The molecule has 0 atom stereocenters. The predicted molar refractivity (Wildman–Crippen MR) is 85.1 cm³/mol. The summed E-state index contributed by atoms with van der Waals surface area (Å²) in [6, 6.07) is 7.52. The molecule has 0 aliphatic rings. The fourth-order valence-corrected chi connectivity index (χ4v) is 2.79. The minimum absolute atomic E-state index is 0.00276. The van der Waals surface area contributed by atoms with Crippen molar-refractivity contribution in [3.8, 4) is 0 Å². The van der Waals surface area contributed by atoms with Crippen molar-refractivity contribution in [2.75, 3.05) is 25.2 Å². The second kappa shape index (κ2) is 7.43. The molecule has 1 aromatic carbocycles. The molecule has 1 amide bonds. The number of hydrogen-bond donors (Lipinski definition) is 2. The van der Waals surface area contributed by atoms with Crippen LogP contribution < -0.4 is 10.6 Å². The topological polar surface area (TPSA) is 41.1 Å². The molecule has 3 nitrogen and oxygen atoms in total. The van der Waals surface area contributed by atoms with Crippen LogP contribution in [0.2, 0.25) is 0 Å². The van der Waals surface area contributed by atoms with Crippen LogP contribution in [0, 0.1) is 0 Å². The number of anilines is 1. The summed E-state index contributed by atoms with van der Waals surface area (Å²) in [7, 11) is 1.87. The lowest BCUT2D eigenvalue weighted by Gasteiger charge is -2.29. The summed E-state index contributed by atoms with van der Waals surface area (Å²) in [5, 5.41) is 6.09. The standard InChI is InChI=1S/C15H24N2OS/c1-5-15(6-2,19-4)11-17-14(18)12-7-9-13(16-3)10-8-12/h7-10,16H,5-6,11H2,1-4H3,(H,17,18). The number of rotatable bonds is 7. The molecule has 0 heterocycles. The van der Waals surface area contributed by atoms with Gasteiger partial charge in [0.25, 0.3) is 5.91 Å². The summed E-state index contributed by atoms with van der Waals surface area (Å²) >= 11 is 1.84. The first-order valence-electron chi connectivity index (χ1n) is 6.72. The van der Waals surface area contributed by atoms with Crippen molar-refractivity contribution in [3.63, 3.8) is 0 Å². The quantitative estimate of drug-likeness (QED) is 0.804. The highest BCUT2D eigenvalue weighted by Gasteiger charge is 2.25. The Kier molecular flexibility index (Phi) is 6.22. The number of hydrogen-bond acceptors (Lipinski definition) is 3. The molecule has 0 spiro atoms. The van der Waals surface area contributed by atoms with Crippen LogP contribution in [-0.4, -0.2) is 30.5 Å². The average Bonchev–Trinajstić information content (AvgIpc) is 2.49. The summed E-state index contributed by atoms with van der Waals surface area (Å²) < 4.78 is 0.153. The molecule has 0 aliphatic carbocycles. The number of benzene rings is 1. The Labute approximate surface area is 120 Å². The zero-order valence-corrected chi connectivity index (χ0v) is 13.1. The molecule has 0 fully saturated rings. The van der Waals surface area contributed by atoms with Crippen LogP contribution in [0.3, 0.4) is 0 Å². The van der Waals surface area contributed by atoms with Gasteiger partial charge in [0.15, 0.2) is 0 Å². The zero-order valence-electron chi connectivity index (χ0n) is 12.2. The minimum atomic E-state index is 0.00276. The molecule has 0 aliphatic heterocycles. The highest BCUT2D eigenvalue weighted by molar-refractivity contribution is 8.00. The van der Waals surface area contributed by atoms with Gasteiger partial charge in [0.2, 0.25) is 0 Å². The van der Waals surface area contributed by atoms with Gasteiger partial charge in [-0.25, -0.2) is 0 Å². The van der Waals surface area contributed by atoms with Gasteiger partial charge in [-0.2, -0.15) is 11.8 Å². The van der Waals surface area contributed by atoms with Crippen LogP contribution in [0.15, 0.2) is 24.3 Å².